The molecule has 0 aromatic carbocycles. The van der Waals surface area contributed by atoms with Gasteiger partial charge in [0.15, 0.2) is 6.20 Å². The molecule has 2 rings (SSSR count). The van der Waals surface area contributed by atoms with Gasteiger partial charge in [-0.15, -0.1) is 11.3 Å². The van der Waals surface area contributed by atoms with Gasteiger partial charge in [-0.1, -0.05) is 13.0 Å². The van der Waals surface area contributed by atoms with Gasteiger partial charge in [0, 0.05) is 10.9 Å². The summed E-state index contributed by atoms with van der Waals surface area (Å²) >= 11 is 1.47. The molecule has 0 aliphatic rings. The highest BCUT2D eigenvalue weighted by atomic mass is 32.2. The van der Waals surface area contributed by atoms with Crippen molar-refractivity contribution in [3.8, 4) is 0 Å². The van der Waals surface area contributed by atoms with Crippen molar-refractivity contribution < 1.29 is 13.3 Å². The highest BCUT2D eigenvalue weighted by molar-refractivity contribution is 7.89. The lowest BCUT2D eigenvalue weighted by Crippen LogP contribution is -2.27. The van der Waals surface area contributed by atoms with Gasteiger partial charge in [0.05, 0.1) is 6.04 Å². The second-order valence-electron chi connectivity index (χ2n) is 4.21. The lowest BCUT2D eigenvalue weighted by atomic mass is 10.2. The predicted octanol–water partition coefficient (Wildman–Crippen LogP) is 2.48. The van der Waals surface area contributed by atoms with E-state index in [4.69, 9.17) is 0 Å². The van der Waals surface area contributed by atoms with Crippen LogP contribution in [0.1, 0.15) is 24.3 Å². The average Bonchev–Trinajstić information content (AvgIpc) is 2.99. The first-order chi connectivity index (χ1) is 9.94. The first-order valence-corrected chi connectivity index (χ1v) is 8.46. The highest BCUT2D eigenvalue weighted by Gasteiger charge is 2.23. The number of thiophene rings is 1. The van der Waals surface area contributed by atoms with Gasteiger partial charge < -0.3 is 10.1 Å². The molecule has 0 saturated carbocycles. The van der Waals surface area contributed by atoms with E-state index < -0.39 is 14.9 Å². The van der Waals surface area contributed by atoms with Crippen molar-refractivity contribution in [2.24, 2.45) is 0 Å². The molecule has 2 aromatic heterocycles. The average molecular weight is 327 g/mol. The topological polar surface area (TPSA) is 102 Å². The molecule has 0 radical (unpaired) electrons. The molecule has 2 heterocycles. The largest absolute Gasteiger partial charge is 0.363 e. The van der Waals surface area contributed by atoms with Gasteiger partial charge in [-0.3, -0.25) is 0 Å². The summed E-state index contributed by atoms with van der Waals surface area (Å²) in [7, 11) is -3.77. The van der Waals surface area contributed by atoms with E-state index in [0.29, 0.717) is 6.42 Å². The Balaban J connectivity index is 2.23. The van der Waals surface area contributed by atoms with Gasteiger partial charge in [0.2, 0.25) is 10.0 Å². The van der Waals surface area contributed by atoms with E-state index in [2.05, 4.69) is 9.71 Å². The van der Waals surface area contributed by atoms with Gasteiger partial charge in [0.25, 0.3) is 0 Å². The number of nitrogens with zero attached hydrogens (tertiary/aromatic N) is 2. The molecular formula is C12H13N3O4S2. The van der Waals surface area contributed by atoms with Crippen LogP contribution in [-0.4, -0.2) is 18.3 Å². The maximum Gasteiger partial charge on any atom is 0.363 e. The number of nitro groups is 1. The van der Waals surface area contributed by atoms with Crippen LogP contribution in [0.15, 0.2) is 40.7 Å². The Hall–Kier alpha value is -1.84. The van der Waals surface area contributed by atoms with Crippen LogP contribution < -0.4 is 4.72 Å². The van der Waals surface area contributed by atoms with E-state index in [1.54, 1.807) is 0 Å². The molecule has 0 amide bonds. The number of aromatic nitrogens is 1. The molecule has 0 bridgehead atoms. The molecule has 1 N–H and O–H groups in total. The number of pyridine rings is 1. The zero-order valence-electron chi connectivity index (χ0n) is 11.1. The molecule has 0 spiro atoms. The number of sulfonamides is 1. The Morgan fingerprint density at radius 2 is 2.19 bits per heavy atom. The van der Waals surface area contributed by atoms with Gasteiger partial charge >= 0.3 is 5.82 Å². The van der Waals surface area contributed by atoms with Gasteiger partial charge in [-0.05, 0) is 33.8 Å². The minimum Gasteiger partial charge on any atom is -0.358 e. The Morgan fingerprint density at radius 3 is 2.67 bits per heavy atom. The molecule has 0 aliphatic heterocycles. The van der Waals surface area contributed by atoms with Crippen molar-refractivity contribution in [1.29, 1.82) is 0 Å². The van der Waals surface area contributed by atoms with Crippen molar-refractivity contribution in [2.45, 2.75) is 24.3 Å². The maximum atomic E-state index is 12.3. The Kier molecular flexibility index (Phi) is 4.66. The summed E-state index contributed by atoms with van der Waals surface area (Å²) in [5.41, 5.74) is 0. The molecule has 0 saturated heterocycles. The standard InChI is InChI=1S/C12H13N3O4S2/c1-2-10(11-4-3-7-20-11)14-21(18,19)9-5-6-12(13-8-9)15(16)17/h3-8,10,14H,2H2,1H3. The van der Waals surface area contributed by atoms with Crippen molar-refractivity contribution >= 4 is 27.2 Å². The zero-order valence-corrected chi connectivity index (χ0v) is 12.7. The summed E-state index contributed by atoms with van der Waals surface area (Å²) < 4.78 is 27.1. The second-order valence-corrected chi connectivity index (χ2v) is 6.90. The molecule has 21 heavy (non-hydrogen) atoms. The van der Waals surface area contributed by atoms with Crippen LogP contribution in [0.25, 0.3) is 0 Å². The van der Waals surface area contributed by atoms with E-state index in [-0.39, 0.29) is 16.8 Å². The molecular weight excluding hydrogens is 314 g/mol. The fraction of sp³-hybridized carbons (Fsp3) is 0.250. The predicted molar refractivity (Wildman–Crippen MR) is 78.6 cm³/mol. The minimum absolute atomic E-state index is 0.0943. The molecule has 2 aromatic rings. The summed E-state index contributed by atoms with van der Waals surface area (Å²) in [5.74, 6) is -0.390. The Labute approximate surface area is 125 Å². The van der Waals surface area contributed by atoms with Crippen molar-refractivity contribution in [3.63, 3.8) is 0 Å². The van der Waals surface area contributed by atoms with Crippen LogP contribution in [0.5, 0.6) is 0 Å². The van der Waals surface area contributed by atoms with Crippen LogP contribution in [0.2, 0.25) is 0 Å². The molecule has 1 atom stereocenters. The highest BCUT2D eigenvalue weighted by Crippen LogP contribution is 2.24. The van der Waals surface area contributed by atoms with Crippen LogP contribution >= 0.6 is 11.3 Å². The van der Waals surface area contributed by atoms with Gasteiger partial charge in [-0.25, -0.2) is 13.1 Å². The number of nitrogens with one attached hydrogen (secondary N) is 1. The Bertz CT molecular complexity index is 711. The smallest absolute Gasteiger partial charge is 0.358 e. The van der Waals surface area contributed by atoms with Crippen molar-refractivity contribution in [2.75, 3.05) is 0 Å². The first kappa shape index (κ1) is 15.5. The zero-order chi connectivity index (χ0) is 15.5. The fourth-order valence-corrected chi connectivity index (χ4v) is 3.91. The molecule has 1 unspecified atom stereocenters. The quantitative estimate of drug-likeness (QED) is 0.648. The summed E-state index contributed by atoms with van der Waals surface area (Å²) in [6.07, 6.45) is 1.59. The van der Waals surface area contributed by atoms with E-state index in [0.717, 1.165) is 17.1 Å². The molecule has 0 fully saturated rings. The van der Waals surface area contributed by atoms with E-state index >= 15 is 0 Å². The fourth-order valence-electron chi connectivity index (χ4n) is 1.73. The lowest BCUT2D eigenvalue weighted by molar-refractivity contribution is -0.389. The van der Waals surface area contributed by atoms with Crippen LogP contribution in [0.3, 0.4) is 0 Å². The molecule has 0 aliphatic carbocycles. The lowest BCUT2D eigenvalue weighted by Gasteiger charge is -2.15. The second kappa shape index (κ2) is 6.29. The Morgan fingerprint density at radius 1 is 1.43 bits per heavy atom. The third-order valence-corrected chi connectivity index (χ3v) is 5.25. The van der Waals surface area contributed by atoms with Crippen LogP contribution in [-0.2, 0) is 10.0 Å². The molecule has 9 heteroatoms. The van der Waals surface area contributed by atoms with Crippen LogP contribution in [0.4, 0.5) is 5.82 Å². The number of hydrogen-bond donors (Lipinski definition) is 1. The third kappa shape index (κ3) is 3.63. The van der Waals surface area contributed by atoms with Crippen LogP contribution in [0, 0.1) is 10.1 Å². The van der Waals surface area contributed by atoms with Crippen molar-refractivity contribution in [1.82, 2.24) is 9.71 Å². The van der Waals surface area contributed by atoms with E-state index in [9.17, 15) is 18.5 Å². The molecule has 112 valence electrons. The van der Waals surface area contributed by atoms with Gasteiger partial charge in [-0.2, -0.15) is 0 Å². The van der Waals surface area contributed by atoms with Gasteiger partial charge in [0.1, 0.15) is 4.90 Å². The SMILES string of the molecule is CCC(NS(=O)(=O)c1ccc([N+](=O)[O-])nc1)c1cccs1. The maximum absolute atomic E-state index is 12.3. The summed E-state index contributed by atoms with van der Waals surface area (Å²) in [6, 6.07) is 5.62. The molecule has 7 nitrogen and oxygen atoms in total. The van der Waals surface area contributed by atoms with E-state index in [1.165, 1.54) is 17.4 Å². The summed E-state index contributed by atoms with van der Waals surface area (Å²) in [4.78, 5) is 14.2. The minimum atomic E-state index is -3.77. The van der Waals surface area contributed by atoms with Crippen molar-refractivity contribution in [3.05, 3.63) is 50.8 Å². The first-order valence-electron chi connectivity index (χ1n) is 6.10. The third-order valence-electron chi connectivity index (χ3n) is 2.81. The number of hydrogen-bond acceptors (Lipinski definition) is 6. The monoisotopic (exact) mass is 327 g/mol. The summed E-state index contributed by atoms with van der Waals surface area (Å²) in [5, 5.41) is 12.4. The normalized spacial score (nSPS) is 13.0. The number of rotatable bonds is 6. The van der Waals surface area contributed by atoms with E-state index in [1.807, 2.05) is 24.4 Å². The summed E-state index contributed by atoms with van der Waals surface area (Å²) in [6.45, 7) is 1.88.